The molecule has 308 valence electrons. The number of benzene rings is 3. The van der Waals surface area contributed by atoms with Crippen molar-refractivity contribution in [3.8, 4) is 17.2 Å². The highest BCUT2D eigenvalue weighted by Gasteiger charge is 2.76. The Morgan fingerprint density at radius 2 is 1.53 bits per heavy atom. The first-order valence-corrected chi connectivity index (χ1v) is 18.9. The fraction of sp³-hybridized carbons (Fsp3) is 0.297. The van der Waals surface area contributed by atoms with Crippen molar-refractivity contribution >= 4 is 67.7 Å². The van der Waals surface area contributed by atoms with Crippen LogP contribution < -0.4 is 31.3 Å². The Morgan fingerprint density at radius 3 is 2.17 bits per heavy atom. The number of carbonyl (C=O) groups is 2. The number of phenols is 1. The Kier molecular flexibility index (Phi) is 9.43. The molecule has 2 aliphatic heterocycles. The largest absolute Gasteiger partial charge is 0.508 e. The number of carbonyl (C=O) groups excluding carboxylic acids is 2. The minimum absolute atomic E-state index is 0.0238. The predicted octanol–water partition coefficient (Wildman–Crippen LogP) is 4.68. The summed E-state index contributed by atoms with van der Waals surface area (Å²) >= 11 is 17.5. The van der Waals surface area contributed by atoms with E-state index in [1.54, 1.807) is 12.1 Å². The van der Waals surface area contributed by atoms with E-state index < -0.39 is 97.4 Å². The number of imide groups is 1. The lowest BCUT2D eigenvalue weighted by atomic mass is 9.64. The topological polar surface area (TPSA) is 160 Å². The van der Waals surface area contributed by atoms with Crippen LogP contribution in [0.15, 0.2) is 60.8 Å². The zero-order valence-electron chi connectivity index (χ0n) is 30.5. The summed E-state index contributed by atoms with van der Waals surface area (Å²) in [4.78, 5) is 68.9. The number of halogens is 8. The Labute approximate surface area is 345 Å². The maximum absolute atomic E-state index is 15.3. The molecule has 3 aromatic carbocycles. The lowest BCUT2D eigenvalue weighted by Gasteiger charge is -2.49. The van der Waals surface area contributed by atoms with Crippen LogP contribution in [0.4, 0.5) is 27.6 Å². The monoisotopic (exact) mass is 926 g/mol. The van der Waals surface area contributed by atoms with Crippen molar-refractivity contribution < 1.29 is 46.1 Å². The Bertz CT molecular complexity index is 2920. The number of rotatable bonds is 7. The van der Waals surface area contributed by atoms with Gasteiger partial charge in [-0.3, -0.25) is 14.4 Å². The van der Waals surface area contributed by atoms with Gasteiger partial charge in [0.15, 0.2) is 44.5 Å². The molecule has 2 aromatic heterocycles. The summed E-state index contributed by atoms with van der Waals surface area (Å²) in [7, 11) is 4.34. The zero-order valence-corrected chi connectivity index (χ0v) is 33.6. The molecule has 0 bridgehead atoms. The maximum Gasteiger partial charge on any atom is 0.347 e. The molecule has 22 heteroatoms. The Morgan fingerprint density at radius 1 is 0.898 bits per heavy atom. The van der Waals surface area contributed by atoms with Crippen LogP contribution >= 0.6 is 39.1 Å². The standard InChI is InChI=1S/C37H26BrCl2F5N6O8/c1-47-19-12-23(59-3)22(58-2)11-18(19)46-17(31(47)53)7-8-48-34(56)49-9-6-15-20(51(49)35(48)57)13-36(39)32(54)50(30-28(44)26(42)25(41)27(43)29(30)45)33(55)37(36,40)24(15)16-10-14(38)4-5-21(16)52/h4-6,10-12,20,24,52H,7-9,13H2,1-3H3. The van der Waals surface area contributed by atoms with Crippen LogP contribution in [0.1, 0.15) is 29.6 Å². The first-order valence-electron chi connectivity index (χ1n) is 17.3. The number of allylic oxidation sites excluding steroid dienone is 2. The molecular weight excluding hydrogens is 902 g/mol. The van der Waals surface area contributed by atoms with Crippen molar-refractivity contribution in [1.82, 2.24) is 23.5 Å². The van der Waals surface area contributed by atoms with Gasteiger partial charge in [0.05, 0.1) is 37.8 Å². The maximum atomic E-state index is 15.3. The molecule has 0 spiro atoms. The predicted molar refractivity (Wildman–Crippen MR) is 203 cm³/mol. The average Bonchev–Trinajstić information content (AvgIpc) is 3.54. The van der Waals surface area contributed by atoms with Gasteiger partial charge in [0.25, 0.3) is 17.4 Å². The van der Waals surface area contributed by atoms with Gasteiger partial charge in [0.1, 0.15) is 17.1 Å². The molecule has 8 rings (SSSR count). The van der Waals surface area contributed by atoms with Crippen molar-refractivity contribution in [3.63, 3.8) is 0 Å². The summed E-state index contributed by atoms with van der Waals surface area (Å²) < 4.78 is 88.8. The van der Waals surface area contributed by atoms with Crippen molar-refractivity contribution in [2.75, 3.05) is 19.1 Å². The molecule has 14 nitrogen and oxygen atoms in total. The lowest BCUT2D eigenvalue weighted by Crippen LogP contribution is -2.59. The summed E-state index contributed by atoms with van der Waals surface area (Å²) in [5.41, 5.74) is -3.77. The van der Waals surface area contributed by atoms with Crippen LogP contribution in [-0.2, 0) is 36.1 Å². The second-order valence-corrected chi connectivity index (χ2v) is 16.1. The number of hydrogen-bond donors (Lipinski definition) is 1. The SMILES string of the molecule is COc1cc2nc(CCn3c(=O)n4n(c3=O)C3CC5(Cl)C(=O)N(c6c(F)c(F)c(F)c(F)c6F)C(=O)C5(Cl)C(c5cc(Br)ccc5O)C3=CC4)c(=O)n(C)c2cc1OC. The minimum Gasteiger partial charge on any atom is -0.508 e. The number of amides is 2. The van der Waals surface area contributed by atoms with E-state index in [-0.39, 0.29) is 41.2 Å². The molecule has 3 aliphatic rings. The van der Waals surface area contributed by atoms with Gasteiger partial charge in [-0.15, -0.1) is 23.2 Å². The second-order valence-electron chi connectivity index (χ2n) is 13.9. The molecule has 4 unspecified atom stereocenters. The van der Waals surface area contributed by atoms with Gasteiger partial charge in [-0.05, 0) is 23.8 Å². The van der Waals surface area contributed by atoms with Crippen molar-refractivity contribution in [2.45, 2.75) is 47.6 Å². The van der Waals surface area contributed by atoms with Gasteiger partial charge in [-0.2, -0.15) is 0 Å². The molecule has 1 saturated heterocycles. The van der Waals surface area contributed by atoms with E-state index in [4.69, 9.17) is 32.7 Å². The smallest absolute Gasteiger partial charge is 0.347 e. The number of ether oxygens (including phenoxy) is 2. The van der Waals surface area contributed by atoms with Crippen molar-refractivity contribution in [3.05, 3.63) is 118 Å². The van der Waals surface area contributed by atoms with Gasteiger partial charge in [-0.25, -0.2) is 55.4 Å². The van der Waals surface area contributed by atoms with Crippen LogP contribution in [0.5, 0.6) is 17.2 Å². The molecule has 2 fully saturated rings. The summed E-state index contributed by atoms with van der Waals surface area (Å²) in [6, 6.07) is 5.54. The van der Waals surface area contributed by atoms with Gasteiger partial charge in [-0.1, -0.05) is 22.0 Å². The van der Waals surface area contributed by atoms with E-state index in [9.17, 15) is 42.3 Å². The number of nitrogens with zero attached hydrogens (tertiary/aromatic N) is 6. The normalized spacial score (nSPS) is 22.4. The van der Waals surface area contributed by atoms with Crippen LogP contribution in [0.3, 0.4) is 0 Å². The molecule has 4 heterocycles. The van der Waals surface area contributed by atoms with Crippen LogP contribution in [-0.4, -0.2) is 64.4 Å². The minimum atomic E-state index is -2.85. The summed E-state index contributed by atoms with van der Waals surface area (Å²) in [6.45, 7) is -0.748. The Balaban J connectivity index is 1.26. The van der Waals surface area contributed by atoms with Crippen LogP contribution in [0, 0.1) is 29.1 Å². The van der Waals surface area contributed by atoms with E-state index in [0.29, 0.717) is 27.0 Å². The molecule has 2 amide bonds. The van der Waals surface area contributed by atoms with E-state index >= 15 is 8.78 Å². The van der Waals surface area contributed by atoms with E-state index in [2.05, 4.69) is 20.9 Å². The molecule has 5 aromatic rings. The highest BCUT2D eigenvalue weighted by molar-refractivity contribution is 9.10. The summed E-state index contributed by atoms with van der Waals surface area (Å²) in [6.07, 6.45) is 0.319. The summed E-state index contributed by atoms with van der Waals surface area (Å²) in [5, 5.41) is 11.2. The number of methoxy groups -OCH3 is 2. The average molecular weight is 928 g/mol. The van der Waals surface area contributed by atoms with E-state index in [0.717, 1.165) is 13.9 Å². The third kappa shape index (κ3) is 5.40. The van der Waals surface area contributed by atoms with Crippen molar-refractivity contribution in [2.24, 2.45) is 7.05 Å². The third-order valence-corrected chi connectivity index (χ3v) is 13.0. The van der Waals surface area contributed by atoms with Gasteiger partial charge in [0, 0.05) is 54.5 Å². The molecule has 0 radical (unpaired) electrons. The first-order chi connectivity index (χ1) is 27.8. The highest BCUT2D eigenvalue weighted by Crippen LogP contribution is 2.65. The van der Waals surface area contributed by atoms with Crippen LogP contribution in [0.25, 0.3) is 11.0 Å². The van der Waals surface area contributed by atoms with Gasteiger partial charge in [0.2, 0.25) is 5.82 Å². The molecule has 4 atom stereocenters. The fourth-order valence-corrected chi connectivity index (χ4v) is 9.55. The molecular formula is C37H26BrCl2F5N6O8. The molecule has 59 heavy (non-hydrogen) atoms. The molecule has 1 N–H and O–H groups in total. The zero-order chi connectivity index (χ0) is 42.8. The number of anilines is 1. The van der Waals surface area contributed by atoms with Crippen molar-refractivity contribution in [1.29, 1.82) is 0 Å². The second kappa shape index (κ2) is 13.8. The number of alkyl halides is 2. The van der Waals surface area contributed by atoms with E-state index in [1.165, 1.54) is 50.1 Å². The molecule has 1 aliphatic carbocycles. The number of aromatic nitrogens is 5. The lowest BCUT2D eigenvalue weighted by molar-refractivity contribution is -0.122. The number of hydrogen-bond acceptors (Lipinski definition) is 9. The highest BCUT2D eigenvalue weighted by atomic mass is 79.9. The number of aryl methyl sites for hydroxylation is 2. The van der Waals surface area contributed by atoms with E-state index in [1.807, 2.05) is 0 Å². The first kappa shape index (κ1) is 40.3. The van der Waals surface area contributed by atoms with Gasteiger partial charge >= 0.3 is 11.4 Å². The third-order valence-electron chi connectivity index (χ3n) is 11.1. The summed E-state index contributed by atoms with van der Waals surface area (Å²) in [5.74, 6) is -17.5. The van der Waals surface area contributed by atoms with Crippen LogP contribution in [0.2, 0.25) is 0 Å². The number of aromatic hydroxyl groups is 1. The number of fused-ring (bicyclic) bond motifs is 5. The van der Waals surface area contributed by atoms with Gasteiger partial charge < -0.3 is 19.1 Å². The number of phenolic OH excluding ortho intramolecular Hbond substituents is 1. The molecule has 1 saturated carbocycles. The Hall–Kier alpha value is -5.47. The quantitative estimate of drug-likeness (QED) is 0.0611. The fourth-order valence-electron chi connectivity index (χ4n) is 8.26.